The molecule has 1 aromatic carbocycles. The van der Waals surface area contributed by atoms with Crippen LogP contribution in [-0.4, -0.2) is 11.1 Å². The third-order valence-corrected chi connectivity index (χ3v) is 2.17. The van der Waals surface area contributed by atoms with Crippen LogP contribution in [0.4, 0.5) is 0 Å². The Kier molecular flexibility index (Phi) is 2.56. The first-order chi connectivity index (χ1) is 7.61. The van der Waals surface area contributed by atoms with Crippen molar-refractivity contribution in [2.24, 2.45) is 0 Å². The lowest BCUT2D eigenvalue weighted by Gasteiger charge is -2.14. The van der Waals surface area contributed by atoms with Crippen LogP contribution in [0.15, 0.2) is 34.1 Å². The molecular weight excluding hydrogens is 206 g/mol. The van der Waals surface area contributed by atoms with E-state index in [9.17, 15) is 9.59 Å². The van der Waals surface area contributed by atoms with Crippen LogP contribution >= 0.6 is 0 Å². The van der Waals surface area contributed by atoms with E-state index in [0.717, 1.165) is 0 Å². The predicted molar refractivity (Wildman–Crippen MR) is 60.3 cm³/mol. The molecule has 0 atom stereocenters. The average molecular weight is 217 g/mol. The zero-order chi connectivity index (χ0) is 11.7. The van der Waals surface area contributed by atoms with Gasteiger partial charge in [0, 0.05) is 18.0 Å². The molecule has 2 aromatic rings. The van der Waals surface area contributed by atoms with Gasteiger partial charge in [0.05, 0.1) is 11.7 Å². The van der Waals surface area contributed by atoms with Crippen LogP contribution in [0.1, 0.15) is 13.8 Å². The van der Waals surface area contributed by atoms with Crippen molar-refractivity contribution >= 4 is 0 Å². The third-order valence-electron chi connectivity index (χ3n) is 2.17. The number of rotatable bonds is 3. The van der Waals surface area contributed by atoms with E-state index in [4.69, 9.17) is 4.74 Å². The fourth-order valence-corrected chi connectivity index (χ4v) is 1.49. The first-order valence-corrected chi connectivity index (χ1v) is 5.01. The highest BCUT2D eigenvalue weighted by Crippen LogP contribution is 2.25. The van der Waals surface area contributed by atoms with Gasteiger partial charge in [-0.25, -0.2) is 0 Å². The van der Waals surface area contributed by atoms with E-state index >= 15 is 0 Å². The molecule has 82 valence electrons. The summed E-state index contributed by atoms with van der Waals surface area (Å²) in [5.74, 6) is 0.160. The zero-order valence-corrected chi connectivity index (χ0v) is 9.06. The summed E-state index contributed by atoms with van der Waals surface area (Å²) >= 11 is 0. The maximum absolute atomic E-state index is 11.4. The minimum Gasteiger partial charge on any atom is -0.486 e. The predicted octanol–water partition coefficient (Wildman–Crippen LogP) is 1.13. The molecule has 2 rings (SSSR count). The second-order valence-electron chi connectivity index (χ2n) is 3.77. The fraction of sp³-hybridized carbons (Fsp3) is 0.250. The van der Waals surface area contributed by atoms with Gasteiger partial charge in [-0.1, -0.05) is 6.07 Å². The van der Waals surface area contributed by atoms with E-state index in [0.29, 0.717) is 11.1 Å². The lowest BCUT2D eigenvalue weighted by atomic mass is 10.0. The van der Waals surface area contributed by atoms with Crippen molar-refractivity contribution in [3.05, 3.63) is 45.0 Å². The summed E-state index contributed by atoms with van der Waals surface area (Å²) in [5.41, 5.74) is -0.0780. The van der Waals surface area contributed by atoms with Crippen LogP contribution in [0.25, 0.3) is 11.1 Å². The molecule has 1 aromatic heterocycles. The van der Waals surface area contributed by atoms with Gasteiger partial charge in [-0.05, 0) is 19.9 Å². The van der Waals surface area contributed by atoms with E-state index in [1.165, 1.54) is 0 Å². The smallest absolute Gasteiger partial charge is 0.268 e. The number of hydrogen-bond acceptors (Lipinski definition) is 4. The van der Waals surface area contributed by atoms with Crippen LogP contribution in [0, 0.1) is 0 Å². The van der Waals surface area contributed by atoms with Gasteiger partial charge in [-0.15, -0.1) is 0 Å². The normalized spacial score (nSPS) is 10.9. The van der Waals surface area contributed by atoms with Crippen LogP contribution in [0.3, 0.4) is 0 Å². The second-order valence-corrected chi connectivity index (χ2v) is 3.77. The Labute approximate surface area is 92.2 Å². The molecule has 0 fully saturated rings. The van der Waals surface area contributed by atoms with Crippen molar-refractivity contribution < 1.29 is 4.74 Å². The molecule has 0 unspecified atom stereocenters. The van der Waals surface area contributed by atoms with E-state index in [1.54, 1.807) is 24.5 Å². The van der Waals surface area contributed by atoms with Gasteiger partial charge < -0.3 is 4.74 Å². The number of pyridine rings is 1. The van der Waals surface area contributed by atoms with E-state index in [1.807, 2.05) is 13.8 Å². The number of hydrogen-bond donors (Lipinski definition) is 0. The van der Waals surface area contributed by atoms with Crippen LogP contribution in [0.2, 0.25) is 0 Å². The van der Waals surface area contributed by atoms with Crippen LogP contribution in [0.5, 0.6) is 5.75 Å². The molecule has 16 heavy (non-hydrogen) atoms. The van der Waals surface area contributed by atoms with Gasteiger partial charge in [0.1, 0.15) is 0 Å². The van der Waals surface area contributed by atoms with E-state index in [2.05, 4.69) is 4.98 Å². The first kappa shape index (κ1) is 10.5. The summed E-state index contributed by atoms with van der Waals surface area (Å²) in [7, 11) is 0. The Morgan fingerprint density at radius 1 is 1.25 bits per heavy atom. The van der Waals surface area contributed by atoms with Gasteiger partial charge in [-0.2, -0.15) is 0 Å². The molecule has 4 nitrogen and oxygen atoms in total. The van der Waals surface area contributed by atoms with E-state index in [-0.39, 0.29) is 11.9 Å². The number of aromatic nitrogens is 1. The number of ether oxygens (including phenoxy) is 1. The minimum atomic E-state index is -0.549. The van der Waals surface area contributed by atoms with E-state index < -0.39 is 10.9 Å². The standard InChI is InChI=1S/C12H11NO3/c1-7(2)16-12-9(10(14)11(12)15)8-4-3-5-13-6-8/h3-7H,1-2H3. The minimum absolute atomic E-state index is 0.126. The van der Waals surface area contributed by atoms with Crippen LogP contribution < -0.4 is 15.6 Å². The summed E-state index contributed by atoms with van der Waals surface area (Å²) in [4.78, 5) is 26.7. The maximum atomic E-state index is 11.4. The highest BCUT2D eigenvalue weighted by atomic mass is 16.5. The molecule has 0 aliphatic carbocycles. The zero-order valence-electron chi connectivity index (χ0n) is 9.06. The molecule has 0 N–H and O–H groups in total. The fourth-order valence-electron chi connectivity index (χ4n) is 1.49. The molecule has 1 heterocycles. The maximum Gasteiger partial charge on any atom is 0.268 e. The molecule has 0 radical (unpaired) electrons. The molecule has 4 heteroatoms. The van der Waals surface area contributed by atoms with Gasteiger partial charge in [0.25, 0.3) is 5.43 Å². The molecule has 0 saturated heterocycles. The molecule has 0 saturated carbocycles. The van der Waals surface area contributed by atoms with Crippen LogP contribution in [-0.2, 0) is 0 Å². The molecule has 0 bridgehead atoms. The van der Waals surface area contributed by atoms with Gasteiger partial charge in [-0.3, -0.25) is 14.6 Å². The molecular formula is C12H11NO3. The summed E-state index contributed by atoms with van der Waals surface area (Å²) < 4.78 is 5.32. The molecule has 0 aliphatic rings. The van der Waals surface area contributed by atoms with Crippen molar-refractivity contribution in [2.75, 3.05) is 0 Å². The van der Waals surface area contributed by atoms with Gasteiger partial charge >= 0.3 is 0 Å². The molecule has 0 spiro atoms. The monoisotopic (exact) mass is 217 g/mol. The van der Waals surface area contributed by atoms with Gasteiger partial charge in [0.2, 0.25) is 5.43 Å². The summed E-state index contributed by atoms with van der Waals surface area (Å²) in [6.45, 7) is 3.62. The Hall–Kier alpha value is -1.97. The van der Waals surface area contributed by atoms with Crippen molar-refractivity contribution in [2.45, 2.75) is 20.0 Å². The highest BCUT2D eigenvalue weighted by molar-refractivity contribution is 5.73. The topological polar surface area (TPSA) is 56.3 Å². The van der Waals surface area contributed by atoms with Crippen molar-refractivity contribution in [1.29, 1.82) is 0 Å². The Bertz CT molecular complexity index is 565. The van der Waals surface area contributed by atoms with Crippen molar-refractivity contribution in [1.82, 2.24) is 4.98 Å². The first-order valence-electron chi connectivity index (χ1n) is 5.01. The quantitative estimate of drug-likeness (QED) is 0.723. The molecule has 0 amide bonds. The summed E-state index contributed by atoms with van der Waals surface area (Å²) in [6.07, 6.45) is 3.03. The molecule has 0 aliphatic heterocycles. The Balaban J connectivity index is 2.47. The third kappa shape index (κ3) is 1.62. The highest BCUT2D eigenvalue weighted by Gasteiger charge is 2.24. The lowest BCUT2D eigenvalue weighted by Crippen LogP contribution is -2.35. The Morgan fingerprint density at radius 2 is 2.00 bits per heavy atom. The Morgan fingerprint density at radius 3 is 2.56 bits per heavy atom. The second kappa shape index (κ2) is 3.89. The average Bonchev–Trinajstić information content (AvgIpc) is 2.29. The summed E-state index contributed by atoms with van der Waals surface area (Å²) in [6, 6.07) is 3.45. The van der Waals surface area contributed by atoms with Crippen molar-refractivity contribution in [3.63, 3.8) is 0 Å². The summed E-state index contributed by atoms with van der Waals surface area (Å²) in [5, 5.41) is 0. The SMILES string of the molecule is CC(C)Oc1c(-c2cccnc2)c(=O)c1=O. The van der Waals surface area contributed by atoms with Gasteiger partial charge in [0.15, 0.2) is 5.75 Å². The number of nitrogens with zero attached hydrogens (tertiary/aromatic N) is 1. The lowest BCUT2D eigenvalue weighted by molar-refractivity contribution is 0.238. The largest absolute Gasteiger partial charge is 0.486 e. The van der Waals surface area contributed by atoms with Crippen molar-refractivity contribution in [3.8, 4) is 16.9 Å².